The van der Waals surface area contributed by atoms with Crippen LogP contribution in [-0.4, -0.2) is 44.1 Å². The van der Waals surface area contributed by atoms with Crippen LogP contribution in [0.3, 0.4) is 0 Å². The van der Waals surface area contributed by atoms with E-state index in [0.717, 1.165) is 42.4 Å². The highest BCUT2D eigenvalue weighted by molar-refractivity contribution is 5.34. The third-order valence-electron chi connectivity index (χ3n) is 4.17. The summed E-state index contributed by atoms with van der Waals surface area (Å²) in [5.74, 6) is 0.745. The maximum absolute atomic E-state index is 9.35. The normalized spacial score (nSPS) is 11.5. The average molecular weight is 324 g/mol. The maximum atomic E-state index is 9.35. The Labute approximate surface area is 142 Å². The molecule has 0 amide bonds. The third kappa shape index (κ3) is 3.99. The van der Waals surface area contributed by atoms with Crippen LogP contribution < -0.4 is 0 Å². The summed E-state index contributed by atoms with van der Waals surface area (Å²) in [6.45, 7) is 6.46. The fourth-order valence-corrected chi connectivity index (χ4v) is 2.97. The highest BCUT2D eigenvalue weighted by Gasteiger charge is 2.11. The second-order valence-corrected chi connectivity index (χ2v) is 6.18. The molecule has 5 heteroatoms. The van der Waals surface area contributed by atoms with Gasteiger partial charge in [-0.15, -0.1) is 0 Å². The Morgan fingerprint density at radius 2 is 1.88 bits per heavy atom. The van der Waals surface area contributed by atoms with Gasteiger partial charge in [-0.25, -0.2) is 9.97 Å². The van der Waals surface area contributed by atoms with E-state index in [1.165, 1.54) is 5.56 Å². The first-order valence-corrected chi connectivity index (χ1v) is 8.35. The summed E-state index contributed by atoms with van der Waals surface area (Å²) in [6, 6.07) is 12.5. The van der Waals surface area contributed by atoms with E-state index in [0.29, 0.717) is 6.54 Å². The number of fused-ring (bicyclic) bond motifs is 1. The number of nitrogens with zero attached hydrogens (tertiary/aromatic N) is 4. The summed E-state index contributed by atoms with van der Waals surface area (Å²) in [6.07, 6.45) is 3.01. The fraction of sp³-hybridized carbons (Fsp3) is 0.368. The summed E-state index contributed by atoms with van der Waals surface area (Å²) in [4.78, 5) is 11.4. The van der Waals surface area contributed by atoms with Crippen LogP contribution in [0.5, 0.6) is 0 Å². The predicted molar refractivity (Wildman–Crippen MR) is 95.0 cm³/mol. The van der Waals surface area contributed by atoms with E-state index in [-0.39, 0.29) is 6.61 Å². The minimum atomic E-state index is 0.151. The Balaban J connectivity index is 1.72. The van der Waals surface area contributed by atoms with Crippen LogP contribution in [0.4, 0.5) is 0 Å². The lowest BCUT2D eigenvalue weighted by molar-refractivity contribution is 0.190. The molecule has 0 fully saturated rings. The van der Waals surface area contributed by atoms with E-state index in [9.17, 15) is 5.11 Å². The molecule has 0 aliphatic rings. The molecule has 2 aromatic heterocycles. The molecule has 0 aliphatic carbocycles. The lowest BCUT2D eigenvalue weighted by Gasteiger charge is -2.20. The minimum absolute atomic E-state index is 0.151. The monoisotopic (exact) mass is 324 g/mol. The van der Waals surface area contributed by atoms with Crippen molar-refractivity contribution in [1.29, 1.82) is 0 Å². The number of rotatable bonds is 7. The predicted octanol–water partition coefficient (Wildman–Crippen LogP) is 2.38. The Hall–Kier alpha value is -2.24. The fourth-order valence-electron chi connectivity index (χ4n) is 2.97. The quantitative estimate of drug-likeness (QED) is 0.725. The molecule has 0 unspecified atom stereocenters. The molecule has 5 nitrogen and oxygen atoms in total. The molecule has 1 N–H and O–H groups in total. The Morgan fingerprint density at radius 1 is 1.08 bits per heavy atom. The van der Waals surface area contributed by atoms with Gasteiger partial charge in [0.15, 0.2) is 0 Å². The summed E-state index contributed by atoms with van der Waals surface area (Å²) < 4.78 is 2.02. The van der Waals surface area contributed by atoms with Crippen molar-refractivity contribution in [3.63, 3.8) is 0 Å². The van der Waals surface area contributed by atoms with E-state index >= 15 is 0 Å². The summed E-state index contributed by atoms with van der Waals surface area (Å²) >= 11 is 0. The Bertz CT molecular complexity index is 798. The van der Waals surface area contributed by atoms with Crippen molar-refractivity contribution < 1.29 is 5.11 Å². The molecular weight excluding hydrogens is 300 g/mol. The molecule has 3 rings (SSSR count). The van der Waals surface area contributed by atoms with Gasteiger partial charge in [0.25, 0.3) is 0 Å². The molecule has 0 atom stereocenters. The smallest absolute Gasteiger partial charge is 0.234 e. The van der Waals surface area contributed by atoms with Gasteiger partial charge in [-0.2, -0.15) is 0 Å². The molecule has 2 heterocycles. The molecule has 0 radical (unpaired) electrons. The number of imidazole rings is 1. The third-order valence-corrected chi connectivity index (χ3v) is 4.17. The van der Waals surface area contributed by atoms with Gasteiger partial charge in [-0.1, -0.05) is 30.3 Å². The van der Waals surface area contributed by atoms with E-state index in [1.54, 1.807) is 0 Å². The molecule has 126 valence electrons. The summed E-state index contributed by atoms with van der Waals surface area (Å²) in [7, 11) is 0. The van der Waals surface area contributed by atoms with Gasteiger partial charge in [0.1, 0.15) is 0 Å². The zero-order chi connectivity index (χ0) is 16.9. The van der Waals surface area contributed by atoms with Crippen LogP contribution in [0, 0.1) is 13.8 Å². The minimum Gasteiger partial charge on any atom is -0.395 e. The van der Waals surface area contributed by atoms with Crippen molar-refractivity contribution in [2.75, 3.05) is 19.7 Å². The van der Waals surface area contributed by atoms with Gasteiger partial charge in [-0.05, 0) is 31.9 Å². The van der Waals surface area contributed by atoms with Crippen LogP contribution in [0.1, 0.15) is 22.6 Å². The average Bonchev–Trinajstić information content (AvgIpc) is 2.96. The number of benzene rings is 1. The van der Waals surface area contributed by atoms with Crippen molar-refractivity contribution in [2.24, 2.45) is 0 Å². The second kappa shape index (κ2) is 7.55. The van der Waals surface area contributed by atoms with Gasteiger partial charge >= 0.3 is 0 Å². The molecule has 0 spiro atoms. The van der Waals surface area contributed by atoms with E-state index in [1.807, 2.05) is 23.6 Å². The van der Waals surface area contributed by atoms with Crippen LogP contribution >= 0.6 is 0 Å². The topological polar surface area (TPSA) is 53.7 Å². The molecule has 3 aromatic rings. The molecule has 0 saturated carbocycles. The van der Waals surface area contributed by atoms with E-state index in [4.69, 9.17) is 0 Å². The standard InChI is InChI=1S/C19H24N4O/c1-15-12-16(2)23-14-18(21-19(23)20-15)13-22(10-11-24)9-8-17-6-4-3-5-7-17/h3-7,12,14,24H,8-11,13H2,1-2H3. The van der Waals surface area contributed by atoms with Gasteiger partial charge in [-0.3, -0.25) is 9.30 Å². The number of aliphatic hydroxyl groups is 1. The van der Waals surface area contributed by atoms with Gasteiger partial charge in [0.2, 0.25) is 5.78 Å². The SMILES string of the molecule is Cc1cc(C)n2cc(CN(CCO)CCc3ccccc3)nc2n1. The van der Waals surface area contributed by atoms with Crippen molar-refractivity contribution in [2.45, 2.75) is 26.8 Å². The van der Waals surface area contributed by atoms with Crippen molar-refractivity contribution >= 4 is 5.78 Å². The zero-order valence-electron chi connectivity index (χ0n) is 14.3. The number of aryl methyl sites for hydroxylation is 2. The van der Waals surface area contributed by atoms with Gasteiger partial charge in [0, 0.05) is 37.2 Å². The van der Waals surface area contributed by atoms with E-state index in [2.05, 4.69) is 52.1 Å². The van der Waals surface area contributed by atoms with Crippen molar-refractivity contribution in [3.05, 3.63) is 65.2 Å². The number of hydrogen-bond acceptors (Lipinski definition) is 4. The number of hydrogen-bond donors (Lipinski definition) is 1. The Morgan fingerprint density at radius 3 is 2.62 bits per heavy atom. The first kappa shape index (κ1) is 16.6. The molecule has 0 saturated heterocycles. The molecule has 0 bridgehead atoms. The maximum Gasteiger partial charge on any atom is 0.234 e. The van der Waals surface area contributed by atoms with Gasteiger partial charge < -0.3 is 5.11 Å². The first-order valence-electron chi connectivity index (χ1n) is 8.35. The highest BCUT2D eigenvalue weighted by atomic mass is 16.3. The van der Waals surface area contributed by atoms with Crippen molar-refractivity contribution in [3.8, 4) is 0 Å². The van der Waals surface area contributed by atoms with Crippen molar-refractivity contribution in [1.82, 2.24) is 19.3 Å². The van der Waals surface area contributed by atoms with Crippen LogP contribution in [0.25, 0.3) is 5.78 Å². The molecule has 0 aliphatic heterocycles. The zero-order valence-corrected chi connectivity index (χ0v) is 14.3. The first-order chi connectivity index (χ1) is 11.7. The lowest BCUT2D eigenvalue weighted by atomic mass is 10.1. The number of aromatic nitrogens is 3. The van der Waals surface area contributed by atoms with E-state index < -0.39 is 0 Å². The molecule has 1 aromatic carbocycles. The van der Waals surface area contributed by atoms with Crippen LogP contribution in [0.15, 0.2) is 42.6 Å². The summed E-state index contributed by atoms with van der Waals surface area (Å²) in [5, 5.41) is 9.35. The molecule has 24 heavy (non-hydrogen) atoms. The van der Waals surface area contributed by atoms with Crippen LogP contribution in [0.2, 0.25) is 0 Å². The highest BCUT2D eigenvalue weighted by Crippen LogP contribution is 2.11. The van der Waals surface area contributed by atoms with Gasteiger partial charge in [0.05, 0.1) is 12.3 Å². The molecular formula is C19H24N4O. The van der Waals surface area contributed by atoms with Crippen LogP contribution in [-0.2, 0) is 13.0 Å². The summed E-state index contributed by atoms with van der Waals surface area (Å²) in [5.41, 5.74) is 4.41. The largest absolute Gasteiger partial charge is 0.395 e. The second-order valence-electron chi connectivity index (χ2n) is 6.18. The Kier molecular flexibility index (Phi) is 5.23. The lowest BCUT2D eigenvalue weighted by Crippen LogP contribution is -2.28. The number of aliphatic hydroxyl groups excluding tert-OH is 1.